The van der Waals surface area contributed by atoms with Crippen LogP contribution in [-0.4, -0.2) is 46.2 Å². The molecule has 0 radical (unpaired) electrons. The third kappa shape index (κ3) is 4.02. The minimum atomic E-state index is -0.867. The highest BCUT2D eigenvalue weighted by Crippen LogP contribution is 2.41. The first-order valence-electron chi connectivity index (χ1n) is 12.9. The zero-order valence-electron chi connectivity index (χ0n) is 21.6. The Hall–Kier alpha value is -4.90. The molecule has 2 aliphatic heterocycles. The summed E-state index contributed by atoms with van der Waals surface area (Å²) < 4.78 is 26.9. The predicted molar refractivity (Wildman–Crippen MR) is 144 cm³/mol. The predicted octanol–water partition coefficient (Wildman–Crippen LogP) is 3.79. The van der Waals surface area contributed by atoms with Crippen molar-refractivity contribution in [2.75, 3.05) is 20.5 Å². The summed E-state index contributed by atoms with van der Waals surface area (Å²) >= 11 is 0. The van der Waals surface area contributed by atoms with Crippen molar-refractivity contribution in [3.8, 4) is 34.3 Å². The lowest BCUT2D eigenvalue weighted by Gasteiger charge is -2.19. The van der Waals surface area contributed by atoms with Gasteiger partial charge >= 0.3 is 0 Å². The van der Waals surface area contributed by atoms with Gasteiger partial charge in [0.05, 0.1) is 46.9 Å². The van der Waals surface area contributed by atoms with Crippen molar-refractivity contribution in [2.45, 2.75) is 25.6 Å². The summed E-state index contributed by atoms with van der Waals surface area (Å²) in [4.78, 5) is 14.9. The summed E-state index contributed by atoms with van der Waals surface area (Å²) in [6.45, 7) is 1.25. The molecule has 1 unspecified atom stereocenters. The highest BCUT2D eigenvalue weighted by molar-refractivity contribution is 5.91. The lowest BCUT2D eigenvalue weighted by atomic mass is 9.95. The molecule has 7 rings (SSSR count). The monoisotopic (exact) mass is 541 g/mol. The number of nitro benzene ring substituents is 1. The molecule has 1 N–H and O–H groups in total. The van der Waals surface area contributed by atoms with Crippen molar-refractivity contribution in [1.29, 1.82) is 0 Å². The maximum Gasteiger partial charge on any atom is 0.271 e. The molecule has 0 fully saturated rings. The van der Waals surface area contributed by atoms with Crippen molar-refractivity contribution < 1.29 is 33.5 Å². The topological polar surface area (TPSA) is 122 Å². The molecule has 2 aliphatic rings. The van der Waals surface area contributed by atoms with Crippen molar-refractivity contribution >= 4 is 27.5 Å². The smallest absolute Gasteiger partial charge is 0.271 e. The van der Waals surface area contributed by atoms with Crippen LogP contribution in [0.1, 0.15) is 5.56 Å². The van der Waals surface area contributed by atoms with Crippen LogP contribution in [0.25, 0.3) is 33.1 Å². The zero-order chi connectivity index (χ0) is 27.4. The fraction of sp³-hybridized carbons (Fsp3) is 0.241. The maximum atomic E-state index is 11.1. The van der Waals surface area contributed by atoms with E-state index in [-0.39, 0.29) is 25.6 Å². The minimum Gasteiger partial charge on any atom is -0.493 e. The molecular formula is C29H25N4O7+. The molecule has 1 atom stereocenters. The Balaban J connectivity index is 1.17. The van der Waals surface area contributed by atoms with E-state index in [0.29, 0.717) is 22.5 Å². The second-order valence-electron chi connectivity index (χ2n) is 9.86. The van der Waals surface area contributed by atoms with Gasteiger partial charge in [-0.2, -0.15) is 4.57 Å². The van der Waals surface area contributed by atoms with Crippen molar-refractivity contribution in [1.82, 2.24) is 9.55 Å². The summed E-state index contributed by atoms with van der Waals surface area (Å²) in [6, 6.07) is 14.6. The molecule has 5 aromatic rings. The van der Waals surface area contributed by atoms with Crippen LogP contribution in [0.15, 0.2) is 61.1 Å². The van der Waals surface area contributed by atoms with E-state index in [9.17, 15) is 15.2 Å². The van der Waals surface area contributed by atoms with Gasteiger partial charge in [-0.3, -0.25) is 10.1 Å². The largest absolute Gasteiger partial charge is 0.493 e. The van der Waals surface area contributed by atoms with E-state index in [0.717, 1.165) is 46.5 Å². The van der Waals surface area contributed by atoms with Crippen LogP contribution < -0.4 is 23.5 Å². The Labute approximate surface area is 227 Å². The third-order valence-electron chi connectivity index (χ3n) is 7.44. The van der Waals surface area contributed by atoms with E-state index in [2.05, 4.69) is 27.9 Å². The molecule has 202 valence electrons. The van der Waals surface area contributed by atoms with Crippen LogP contribution in [-0.2, 0) is 19.5 Å². The first kappa shape index (κ1) is 24.2. The average molecular weight is 542 g/mol. The Bertz CT molecular complexity index is 1820. The number of methoxy groups -OCH3 is 1. The van der Waals surface area contributed by atoms with Gasteiger partial charge in [0.25, 0.3) is 5.69 Å². The Kier molecular flexibility index (Phi) is 5.67. The van der Waals surface area contributed by atoms with Crippen LogP contribution in [0.5, 0.6) is 23.0 Å². The summed E-state index contributed by atoms with van der Waals surface area (Å²) in [6.07, 6.45) is 3.62. The number of aliphatic hydroxyl groups is 1. The van der Waals surface area contributed by atoms with Crippen LogP contribution in [0.3, 0.4) is 0 Å². The van der Waals surface area contributed by atoms with Crippen molar-refractivity contribution in [2.24, 2.45) is 0 Å². The molecule has 11 nitrogen and oxygen atoms in total. The number of aromatic nitrogens is 3. The molecular weight excluding hydrogens is 516 g/mol. The highest BCUT2D eigenvalue weighted by Gasteiger charge is 2.29. The molecule has 4 heterocycles. The standard InChI is InChI=1S/C29H25N4O7/c1-37-26-5-2-17-8-25-21-11-28-27(39-16-40-28)9-18(21)6-7-31(25)13-22(17)29(26)38-14-20(34)12-32-15-30-23-10-19(33(35)36)3-4-24(23)32/h2-5,8-11,13,15,20,34H,6-7,12,14,16H2,1H3/q+1. The molecule has 0 saturated carbocycles. The second-order valence-corrected chi connectivity index (χ2v) is 9.86. The number of aliphatic hydroxyl groups excluding tert-OH is 1. The number of hydrogen-bond donors (Lipinski definition) is 1. The van der Waals surface area contributed by atoms with Gasteiger partial charge in [0, 0.05) is 24.6 Å². The fourth-order valence-corrected chi connectivity index (χ4v) is 5.48. The molecule has 11 heteroatoms. The number of ether oxygens (including phenoxy) is 4. The van der Waals surface area contributed by atoms with Gasteiger partial charge in [-0.05, 0) is 41.3 Å². The molecule has 2 aromatic heterocycles. The third-order valence-corrected chi connectivity index (χ3v) is 7.44. The SMILES string of the molecule is COc1ccc2cc3[n+](cc2c1OCC(O)Cn1cnc2cc([N+](=O)[O-])ccc21)CCc1cc2c(cc1-3)OCO2. The zero-order valence-corrected chi connectivity index (χ0v) is 21.6. The minimum absolute atomic E-state index is 0.0101. The van der Waals surface area contributed by atoms with Crippen LogP contribution in [0, 0.1) is 10.1 Å². The molecule has 0 aliphatic carbocycles. The Morgan fingerprint density at radius 1 is 1.18 bits per heavy atom. The number of rotatable bonds is 7. The molecule has 0 saturated heterocycles. The molecule has 3 aromatic carbocycles. The van der Waals surface area contributed by atoms with E-state index in [1.54, 1.807) is 24.1 Å². The van der Waals surface area contributed by atoms with Crippen molar-refractivity contribution in [3.63, 3.8) is 0 Å². The normalized spacial score (nSPS) is 14.2. The van der Waals surface area contributed by atoms with E-state index >= 15 is 0 Å². The lowest BCUT2D eigenvalue weighted by molar-refractivity contribution is -0.686. The number of fused-ring (bicyclic) bond motifs is 6. The van der Waals surface area contributed by atoms with E-state index in [4.69, 9.17) is 18.9 Å². The fourth-order valence-electron chi connectivity index (χ4n) is 5.48. The molecule has 0 bridgehead atoms. The lowest BCUT2D eigenvalue weighted by Crippen LogP contribution is -2.40. The Morgan fingerprint density at radius 3 is 2.85 bits per heavy atom. The van der Waals surface area contributed by atoms with Crippen LogP contribution in [0.2, 0.25) is 0 Å². The van der Waals surface area contributed by atoms with Gasteiger partial charge in [0.15, 0.2) is 35.7 Å². The number of hydrogen-bond acceptors (Lipinski definition) is 8. The van der Waals surface area contributed by atoms with E-state index in [1.165, 1.54) is 17.7 Å². The summed E-state index contributed by atoms with van der Waals surface area (Å²) in [5, 5.41) is 23.8. The van der Waals surface area contributed by atoms with Gasteiger partial charge in [-0.15, -0.1) is 0 Å². The van der Waals surface area contributed by atoms with Crippen molar-refractivity contribution in [3.05, 3.63) is 76.7 Å². The van der Waals surface area contributed by atoms with Crippen LogP contribution in [0.4, 0.5) is 5.69 Å². The Morgan fingerprint density at radius 2 is 2.02 bits per heavy atom. The summed E-state index contributed by atoms with van der Waals surface area (Å²) in [7, 11) is 1.59. The van der Waals surface area contributed by atoms with Gasteiger partial charge in [-0.25, -0.2) is 4.98 Å². The first-order chi connectivity index (χ1) is 19.5. The quantitative estimate of drug-likeness (QED) is 0.188. The highest BCUT2D eigenvalue weighted by atomic mass is 16.7. The van der Waals surface area contributed by atoms with Gasteiger partial charge in [0.2, 0.25) is 12.5 Å². The van der Waals surface area contributed by atoms with Gasteiger partial charge in [0.1, 0.15) is 12.7 Å². The van der Waals surface area contributed by atoms with E-state index in [1.807, 2.05) is 18.2 Å². The number of pyridine rings is 1. The van der Waals surface area contributed by atoms with Gasteiger partial charge < -0.3 is 28.6 Å². The summed E-state index contributed by atoms with van der Waals surface area (Å²) in [5.41, 5.74) is 4.57. The number of benzene rings is 3. The second kappa shape index (κ2) is 9.38. The van der Waals surface area contributed by atoms with Gasteiger partial charge in [-0.1, -0.05) is 0 Å². The average Bonchev–Trinajstić information content (AvgIpc) is 3.59. The first-order valence-corrected chi connectivity index (χ1v) is 12.9. The number of nitrogens with zero attached hydrogens (tertiary/aromatic N) is 4. The molecule has 0 spiro atoms. The number of aryl methyl sites for hydroxylation is 2. The maximum absolute atomic E-state index is 11.1. The number of non-ortho nitro benzene ring substituents is 1. The number of nitro groups is 1. The van der Waals surface area contributed by atoms with E-state index < -0.39 is 11.0 Å². The van der Waals surface area contributed by atoms with Crippen LogP contribution >= 0.6 is 0 Å². The molecule has 40 heavy (non-hydrogen) atoms. The number of imidazole rings is 1. The summed E-state index contributed by atoms with van der Waals surface area (Å²) in [5.74, 6) is 2.66. The molecule has 0 amide bonds.